The summed E-state index contributed by atoms with van der Waals surface area (Å²) in [6.45, 7) is 7.06. The predicted molar refractivity (Wildman–Crippen MR) is 102 cm³/mol. The lowest BCUT2D eigenvalue weighted by Gasteiger charge is -2.34. The highest BCUT2D eigenvalue weighted by molar-refractivity contribution is 6.31. The van der Waals surface area contributed by atoms with E-state index >= 15 is 0 Å². The van der Waals surface area contributed by atoms with Crippen molar-refractivity contribution >= 4 is 29.0 Å². The number of piperazine rings is 1. The van der Waals surface area contributed by atoms with Gasteiger partial charge in [0.05, 0.1) is 25.2 Å². The Balaban J connectivity index is 1.67. The molecule has 0 radical (unpaired) electrons. The second-order valence-electron chi connectivity index (χ2n) is 5.98. The summed E-state index contributed by atoms with van der Waals surface area (Å²) in [4.78, 5) is 25.7. The van der Waals surface area contributed by atoms with E-state index in [1.165, 1.54) is 13.3 Å². The fraction of sp³-hybridized carbons (Fsp3) is 0.389. The Bertz CT molecular complexity index is 761. The number of halogens is 1. The average Bonchev–Trinajstić information content (AvgIpc) is 2.68. The topological polar surface area (TPSA) is 70.6 Å². The number of rotatable bonds is 5. The van der Waals surface area contributed by atoms with Crippen LogP contribution in [0.3, 0.4) is 0 Å². The molecule has 0 aliphatic carbocycles. The number of methoxy groups -OCH3 is 1. The molecule has 1 aromatic heterocycles. The van der Waals surface area contributed by atoms with Gasteiger partial charge in [0.25, 0.3) is 5.91 Å². The van der Waals surface area contributed by atoms with Crippen LogP contribution < -0.4 is 15.0 Å². The lowest BCUT2D eigenvalue weighted by molar-refractivity contribution is 0.102. The minimum Gasteiger partial charge on any atom is -0.495 e. The van der Waals surface area contributed by atoms with Crippen LogP contribution in [0, 0.1) is 0 Å². The first-order chi connectivity index (χ1) is 12.6. The van der Waals surface area contributed by atoms with Gasteiger partial charge in [-0.3, -0.25) is 4.79 Å². The van der Waals surface area contributed by atoms with Crippen molar-refractivity contribution in [1.29, 1.82) is 0 Å². The van der Waals surface area contributed by atoms with Crippen molar-refractivity contribution in [2.75, 3.05) is 50.1 Å². The van der Waals surface area contributed by atoms with Crippen LogP contribution in [-0.4, -0.2) is 60.6 Å². The molecule has 7 nitrogen and oxygen atoms in total. The smallest absolute Gasteiger partial charge is 0.275 e. The van der Waals surface area contributed by atoms with E-state index in [4.69, 9.17) is 16.3 Å². The molecule has 26 heavy (non-hydrogen) atoms. The zero-order valence-corrected chi connectivity index (χ0v) is 15.7. The van der Waals surface area contributed by atoms with Gasteiger partial charge in [0, 0.05) is 31.2 Å². The summed E-state index contributed by atoms with van der Waals surface area (Å²) >= 11 is 5.99. The highest BCUT2D eigenvalue weighted by Crippen LogP contribution is 2.28. The van der Waals surface area contributed by atoms with E-state index in [2.05, 4.69) is 32.0 Å². The molecule has 1 saturated heterocycles. The maximum absolute atomic E-state index is 12.4. The molecule has 138 valence electrons. The minimum atomic E-state index is -0.361. The zero-order chi connectivity index (χ0) is 18.5. The first kappa shape index (κ1) is 18.4. The van der Waals surface area contributed by atoms with Crippen molar-refractivity contribution in [3.63, 3.8) is 0 Å². The maximum Gasteiger partial charge on any atom is 0.275 e. The summed E-state index contributed by atoms with van der Waals surface area (Å²) in [7, 11) is 1.53. The van der Waals surface area contributed by atoms with E-state index < -0.39 is 0 Å². The molecule has 1 aliphatic rings. The Morgan fingerprint density at radius 1 is 1.23 bits per heavy atom. The monoisotopic (exact) mass is 375 g/mol. The molecular formula is C18H22ClN5O2. The minimum absolute atomic E-state index is 0.239. The molecule has 1 fully saturated rings. The van der Waals surface area contributed by atoms with E-state index in [0.717, 1.165) is 38.5 Å². The molecule has 0 spiro atoms. The predicted octanol–water partition coefficient (Wildman–Crippen LogP) is 2.53. The number of nitrogens with one attached hydrogen (secondary N) is 1. The highest BCUT2D eigenvalue weighted by atomic mass is 35.5. The van der Waals surface area contributed by atoms with E-state index in [0.29, 0.717) is 16.5 Å². The van der Waals surface area contributed by atoms with Gasteiger partial charge in [-0.05, 0) is 24.7 Å². The largest absolute Gasteiger partial charge is 0.495 e. The zero-order valence-electron chi connectivity index (χ0n) is 14.9. The number of likely N-dealkylation sites (N-methyl/N-ethyl adjacent to an activating group) is 1. The van der Waals surface area contributed by atoms with Gasteiger partial charge >= 0.3 is 0 Å². The Morgan fingerprint density at radius 3 is 2.62 bits per heavy atom. The van der Waals surface area contributed by atoms with Gasteiger partial charge in [-0.2, -0.15) is 0 Å². The van der Waals surface area contributed by atoms with Crippen molar-refractivity contribution in [2.45, 2.75) is 6.92 Å². The number of hydrogen-bond donors (Lipinski definition) is 1. The van der Waals surface area contributed by atoms with Crippen LogP contribution in [0.4, 0.5) is 11.5 Å². The normalized spacial score (nSPS) is 15.0. The Hall–Kier alpha value is -2.38. The molecule has 0 saturated carbocycles. The van der Waals surface area contributed by atoms with Crippen LogP contribution in [0.25, 0.3) is 0 Å². The van der Waals surface area contributed by atoms with Gasteiger partial charge < -0.3 is 19.9 Å². The molecule has 1 N–H and O–H groups in total. The molecule has 0 atom stereocenters. The number of amides is 1. The number of benzene rings is 1. The molecular weight excluding hydrogens is 354 g/mol. The SMILES string of the molecule is CCN1CCN(c2cnc(C(=O)Nc3cc(Cl)ccc3OC)cn2)CC1. The lowest BCUT2D eigenvalue weighted by Crippen LogP contribution is -2.46. The summed E-state index contributed by atoms with van der Waals surface area (Å²) in [6.07, 6.45) is 3.14. The second-order valence-corrected chi connectivity index (χ2v) is 6.42. The Kier molecular flexibility index (Phi) is 5.90. The number of carbonyl (C=O) groups is 1. The van der Waals surface area contributed by atoms with Crippen LogP contribution in [0.15, 0.2) is 30.6 Å². The van der Waals surface area contributed by atoms with Crippen molar-refractivity contribution in [2.24, 2.45) is 0 Å². The third-order valence-corrected chi connectivity index (χ3v) is 4.66. The maximum atomic E-state index is 12.4. The first-order valence-electron chi connectivity index (χ1n) is 8.55. The molecule has 0 bridgehead atoms. The molecule has 8 heteroatoms. The van der Waals surface area contributed by atoms with E-state index in [1.54, 1.807) is 24.4 Å². The van der Waals surface area contributed by atoms with Gasteiger partial charge in [0.1, 0.15) is 17.3 Å². The van der Waals surface area contributed by atoms with Crippen LogP contribution in [0.5, 0.6) is 5.75 Å². The summed E-state index contributed by atoms with van der Waals surface area (Å²) < 4.78 is 5.23. The molecule has 1 amide bonds. The number of ether oxygens (including phenoxy) is 1. The fourth-order valence-electron chi connectivity index (χ4n) is 2.86. The van der Waals surface area contributed by atoms with Gasteiger partial charge in [-0.1, -0.05) is 18.5 Å². The second kappa shape index (κ2) is 8.33. The summed E-state index contributed by atoms with van der Waals surface area (Å²) in [5.41, 5.74) is 0.731. The first-order valence-corrected chi connectivity index (χ1v) is 8.92. The van der Waals surface area contributed by atoms with E-state index in [-0.39, 0.29) is 11.6 Å². The van der Waals surface area contributed by atoms with Crippen molar-refractivity contribution in [1.82, 2.24) is 14.9 Å². The molecule has 0 unspecified atom stereocenters. The molecule has 1 aromatic carbocycles. The number of hydrogen-bond acceptors (Lipinski definition) is 6. The molecule has 2 aromatic rings. The van der Waals surface area contributed by atoms with Crippen LogP contribution in [0.1, 0.15) is 17.4 Å². The van der Waals surface area contributed by atoms with Crippen LogP contribution in [0.2, 0.25) is 5.02 Å². The van der Waals surface area contributed by atoms with Crippen LogP contribution in [-0.2, 0) is 0 Å². The summed E-state index contributed by atoms with van der Waals surface area (Å²) in [5, 5.41) is 3.27. The lowest BCUT2D eigenvalue weighted by atomic mass is 10.2. The van der Waals surface area contributed by atoms with Gasteiger partial charge in [0.2, 0.25) is 0 Å². The molecule has 1 aliphatic heterocycles. The van der Waals surface area contributed by atoms with Crippen molar-refractivity contribution < 1.29 is 9.53 Å². The third kappa shape index (κ3) is 4.23. The average molecular weight is 376 g/mol. The Labute approximate surface area is 157 Å². The standard InChI is InChI=1S/C18H22ClN5O2/c1-3-23-6-8-24(9-7-23)17-12-20-15(11-21-17)18(25)22-14-10-13(19)4-5-16(14)26-2/h4-5,10-12H,3,6-9H2,1-2H3,(H,22,25). The van der Waals surface area contributed by atoms with Gasteiger partial charge in [-0.25, -0.2) is 9.97 Å². The van der Waals surface area contributed by atoms with Crippen molar-refractivity contribution in [3.05, 3.63) is 41.3 Å². The Morgan fingerprint density at radius 2 is 2.00 bits per heavy atom. The fourth-order valence-corrected chi connectivity index (χ4v) is 3.03. The summed E-state index contributed by atoms with van der Waals surface area (Å²) in [5.74, 6) is 0.958. The van der Waals surface area contributed by atoms with E-state index in [1.807, 2.05) is 0 Å². The highest BCUT2D eigenvalue weighted by Gasteiger charge is 2.18. The number of aromatic nitrogens is 2. The molecule has 2 heterocycles. The summed E-state index contributed by atoms with van der Waals surface area (Å²) in [6, 6.07) is 5.03. The number of carbonyl (C=O) groups excluding carboxylic acids is 1. The van der Waals surface area contributed by atoms with Gasteiger partial charge in [-0.15, -0.1) is 0 Å². The van der Waals surface area contributed by atoms with Crippen molar-refractivity contribution in [3.8, 4) is 5.75 Å². The van der Waals surface area contributed by atoms with Gasteiger partial charge in [0.15, 0.2) is 0 Å². The third-order valence-electron chi connectivity index (χ3n) is 4.42. The number of nitrogens with zero attached hydrogens (tertiary/aromatic N) is 4. The number of anilines is 2. The van der Waals surface area contributed by atoms with E-state index in [9.17, 15) is 4.79 Å². The quantitative estimate of drug-likeness (QED) is 0.866. The van der Waals surface area contributed by atoms with Crippen LogP contribution >= 0.6 is 11.6 Å². The molecule has 3 rings (SSSR count).